The Labute approximate surface area is 76.4 Å². The van der Waals surface area contributed by atoms with E-state index in [1.54, 1.807) is 0 Å². The van der Waals surface area contributed by atoms with Crippen LogP contribution >= 0.6 is 15.9 Å². The number of ether oxygens (including phenoxy) is 1. The summed E-state index contributed by atoms with van der Waals surface area (Å²) in [4.78, 5) is 10.9. The van der Waals surface area contributed by atoms with E-state index in [2.05, 4.69) is 20.7 Å². The summed E-state index contributed by atoms with van der Waals surface area (Å²) < 4.78 is 4.59. The molecule has 0 radical (unpaired) electrons. The van der Waals surface area contributed by atoms with E-state index >= 15 is 0 Å². The molecule has 0 aliphatic rings. The van der Waals surface area contributed by atoms with E-state index in [-0.39, 0.29) is 11.9 Å². The maximum Gasteiger partial charge on any atom is 0.308 e. The number of rotatable bonds is 5. The van der Waals surface area contributed by atoms with Crippen molar-refractivity contribution < 1.29 is 9.53 Å². The lowest BCUT2D eigenvalue weighted by Gasteiger charge is -2.06. The van der Waals surface area contributed by atoms with Crippen molar-refractivity contribution in [2.45, 2.75) is 26.2 Å². The van der Waals surface area contributed by atoms with Gasteiger partial charge in [-0.25, -0.2) is 0 Å². The molecule has 3 heteroatoms. The van der Waals surface area contributed by atoms with Gasteiger partial charge < -0.3 is 4.74 Å². The van der Waals surface area contributed by atoms with Crippen molar-refractivity contribution in [3.63, 3.8) is 0 Å². The lowest BCUT2D eigenvalue weighted by molar-refractivity contribution is -0.145. The Morgan fingerprint density at radius 1 is 1.55 bits per heavy atom. The maximum absolute atomic E-state index is 10.9. The smallest absolute Gasteiger partial charge is 0.308 e. The van der Waals surface area contributed by atoms with Crippen LogP contribution in [0.25, 0.3) is 0 Å². The van der Waals surface area contributed by atoms with Crippen molar-refractivity contribution in [3.8, 4) is 0 Å². The van der Waals surface area contributed by atoms with Crippen LogP contribution < -0.4 is 0 Å². The highest BCUT2D eigenvalue weighted by molar-refractivity contribution is 9.09. The summed E-state index contributed by atoms with van der Waals surface area (Å²) in [5.74, 6) is -0.0429. The van der Waals surface area contributed by atoms with Gasteiger partial charge >= 0.3 is 5.97 Å². The van der Waals surface area contributed by atoms with E-state index < -0.39 is 0 Å². The molecule has 0 N–H and O–H groups in total. The van der Waals surface area contributed by atoms with Gasteiger partial charge in [0, 0.05) is 5.33 Å². The second kappa shape index (κ2) is 6.65. The second-order valence-corrected chi connectivity index (χ2v) is 3.40. The fourth-order valence-electron chi connectivity index (χ4n) is 0.864. The number of hydrogen-bond donors (Lipinski definition) is 0. The van der Waals surface area contributed by atoms with E-state index in [9.17, 15) is 4.79 Å². The van der Waals surface area contributed by atoms with Crippen LogP contribution in [0.1, 0.15) is 26.2 Å². The van der Waals surface area contributed by atoms with Gasteiger partial charge in [0.05, 0.1) is 13.0 Å². The molecule has 0 aromatic carbocycles. The third-order valence-electron chi connectivity index (χ3n) is 1.62. The van der Waals surface area contributed by atoms with Gasteiger partial charge in [0.15, 0.2) is 0 Å². The Balaban J connectivity index is 3.36. The average molecular weight is 223 g/mol. The minimum absolute atomic E-state index is 0.0547. The molecule has 0 fully saturated rings. The Morgan fingerprint density at radius 3 is 2.64 bits per heavy atom. The van der Waals surface area contributed by atoms with E-state index in [0.717, 1.165) is 24.6 Å². The summed E-state index contributed by atoms with van der Waals surface area (Å²) in [6.45, 7) is 1.90. The van der Waals surface area contributed by atoms with Gasteiger partial charge in [-0.2, -0.15) is 0 Å². The summed E-state index contributed by atoms with van der Waals surface area (Å²) in [6.07, 6.45) is 3.14. The summed E-state index contributed by atoms with van der Waals surface area (Å²) in [5.41, 5.74) is 0. The zero-order valence-electron chi connectivity index (χ0n) is 7.10. The molecule has 0 spiro atoms. The van der Waals surface area contributed by atoms with Crippen LogP contribution in [-0.2, 0) is 9.53 Å². The SMILES string of the molecule is COC(=O)C(C)CCCCBr. The molecule has 0 bridgehead atoms. The molecule has 0 amide bonds. The predicted molar refractivity (Wildman–Crippen MR) is 48.8 cm³/mol. The zero-order valence-corrected chi connectivity index (χ0v) is 8.69. The van der Waals surface area contributed by atoms with Crippen molar-refractivity contribution in [2.24, 2.45) is 5.92 Å². The third kappa shape index (κ3) is 5.24. The number of halogens is 1. The number of esters is 1. The van der Waals surface area contributed by atoms with E-state index in [4.69, 9.17) is 0 Å². The number of methoxy groups -OCH3 is 1. The van der Waals surface area contributed by atoms with Gasteiger partial charge in [-0.3, -0.25) is 4.79 Å². The molecule has 0 rings (SSSR count). The summed E-state index contributed by atoms with van der Waals surface area (Å²) >= 11 is 3.34. The topological polar surface area (TPSA) is 26.3 Å². The standard InChI is InChI=1S/C8H15BrO2/c1-7(8(10)11-2)5-3-4-6-9/h7H,3-6H2,1-2H3. The molecular formula is C8H15BrO2. The van der Waals surface area contributed by atoms with Crippen LogP contribution in [0.5, 0.6) is 0 Å². The molecule has 0 saturated carbocycles. The number of hydrogen-bond acceptors (Lipinski definition) is 2. The maximum atomic E-state index is 10.9. The summed E-state index contributed by atoms with van der Waals surface area (Å²) in [6, 6.07) is 0. The van der Waals surface area contributed by atoms with Crippen LogP contribution in [0.3, 0.4) is 0 Å². The quantitative estimate of drug-likeness (QED) is 0.406. The first-order chi connectivity index (χ1) is 5.22. The molecule has 2 nitrogen and oxygen atoms in total. The van der Waals surface area contributed by atoms with Crippen LogP contribution in [0.15, 0.2) is 0 Å². The summed E-state index contributed by atoms with van der Waals surface area (Å²) in [5, 5.41) is 1.01. The predicted octanol–water partition coefficient (Wildman–Crippen LogP) is 2.36. The monoisotopic (exact) mass is 222 g/mol. The molecule has 1 atom stereocenters. The van der Waals surface area contributed by atoms with Crippen molar-refractivity contribution in [2.75, 3.05) is 12.4 Å². The molecule has 11 heavy (non-hydrogen) atoms. The minimum Gasteiger partial charge on any atom is -0.469 e. The number of unbranched alkanes of at least 4 members (excludes halogenated alkanes) is 1. The highest BCUT2D eigenvalue weighted by Crippen LogP contribution is 2.09. The highest BCUT2D eigenvalue weighted by atomic mass is 79.9. The van der Waals surface area contributed by atoms with Crippen LogP contribution in [0.2, 0.25) is 0 Å². The lowest BCUT2D eigenvalue weighted by Crippen LogP contribution is -2.12. The molecule has 0 aliphatic carbocycles. The molecule has 0 saturated heterocycles. The number of alkyl halides is 1. The van der Waals surface area contributed by atoms with E-state index in [0.29, 0.717) is 0 Å². The summed E-state index contributed by atoms with van der Waals surface area (Å²) in [7, 11) is 1.43. The Morgan fingerprint density at radius 2 is 2.18 bits per heavy atom. The van der Waals surface area contributed by atoms with Crippen molar-refractivity contribution in [3.05, 3.63) is 0 Å². The van der Waals surface area contributed by atoms with E-state index in [1.165, 1.54) is 7.11 Å². The number of carbonyl (C=O) groups is 1. The first-order valence-corrected chi connectivity index (χ1v) is 4.98. The fraction of sp³-hybridized carbons (Fsp3) is 0.875. The van der Waals surface area contributed by atoms with Gasteiger partial charge in [0.2, 0.25) is 0 Å². The van der Waals surface area contributed by atoms with Crippen LogP contribution in [0, 0.1) is 5.92 Å². The van der Waals surface area contributed by atoms with Gasteiger partial charge in [-0.1, -0.05) is 29.3 Å². The van der Waals surface area contributed by atoms with Crippen molar-refractivity contribution in [1.82, 2.24) is 0 Å². The largest absolute Gasteiger partial charge is 0.469 e. The van der Waals surface area contributed by atoms with Gasteiger partial charge in [-0.05, 0) is 12.8 Å². The minimum atomic E-state index is -0.0976. The fourth-order valence-corrected chi connectivity index (χ4v) is 1.26. The molecule has 0 heterocycles. The van der Waals surface area contributed by atoms with Crippen LogP contribution in [0.4, 0.5) is 0 Å². The van der Waals surface area contributed by atoms with Gasteiger partial charge in [0.1, 0.15) is 0 Å². The molecule has 0 aromatic heterocycles. The molecule has 66 valence electrons. The molecule has 0 aliphatic heterocycles. The molecular weight excluding hydrogens is 208 g/mol. The van der Waals surface area contributed by atoms with Crippen molar-refractivity contribution in [1.29, 1.82) is 0 Å². The van der Waals surface area contributed by atoms with Gasteiger partial charge in [0.25, 0.3) is 0 Å². The Bertz CT molecular complexity index is 115. The number of carbonyl (C=O) groups excluding carboxylic acids is 1. The Kier molecular flexibility index (Phi) is 6.62. The van der Waals surface area contributed by atoms with E-state index in [1.807, 2.05) is 6.92 Å². The third-order valence-corrected chi connectivity index (χ3v) is 2.19. The molecule has 0 aromatic rings. The first kappa shape index (κ1) is 11.0. The Hall–Kier alpha value is -0.0500. The second-order valence-electron chi connectivity index (χ2n) is 2.61. The zero-order chi connectivity index (χ0) is 8.69. The highest BCUT2D eigenvalue weighted by Gasteiger charge is 2.11. The normalized spacial score (nSPS) is 12.6. The first-order valence-electron chi connectivity index (χ1n) is 3.86. The molecule has 1 unspecified atom stereocenters. The van der Waals surface area contributed by atoms with Crippen LogP contribution in [-0.4, -0.2) is 18.4 Å². The van der Waals surface area contributed by atoms with Gasteiger partial charge in [-0.15, -0.1) is 0 Å². The lowest BCUT2D eigenvalue weighted by atomic mass is 10.1. The van der Waals surface area contributed by atoms with Crippen molar-refractivity contribution >= 4 is 21.9 Å². The average Bonchev–Trinajstić information content (AvgIpc) is 2.03.